The van der Waals surface area contributed by atoms with Crippen LogP contribution in [0.4, 0.5) is 0 Å². The zero-order valence-corrected chi connectivity index (χ0v) is 8.41. The number of rotatable bonds is 2. The van der Waals surface area contributed by atoms with Gasteiger partial charge in [0.1, 0.15) is 10.0 Å². The quantitative estimate of drug-likeness (QED) is 0.806. The molecule has 0 amide bonds. The van der Waals surface area contributed by atoms with Crippen LogP contribution in [0.25, 0.3) is 0 Å². The molecule has 1 aromatic heterocycles. The predicted octanol–water partition coefficient (Wildman–Crippen LogP) is 1.96. The van der Waals surface area contributed by atoms with Crippen LogP contribution < -0.4 is 0 Å². The van der Waals surface area contributed by atoms with Gasteiger partial charge in [-0.1, -0.05) is 6.07 Å². The van der Waals surface area contributed by atoms with E-state index in [4.69, 9.17) is 5.11 Å². The van der Waals surface area contributed by atoms with Crippen LogP contribution in [0.15, 0.2) is 22.8 Å². The molecule has 1 N–H and O–H groups in total. The summed E-state index contributed by atoms with van der Waals surface area (Å²) in [4.78, 5) is 15.1. The van der Waals surface area contributed by atoms with Crippen LogP contribution in [0.1, 0.15) is 18.5 Å². The Morgan fingerprint density at radius 2 is 2.23 bits per heavy atom. The van der Waals surface area contributed by atoms with Crippen molar-refractivity contribution in [2.75, 3.05) is 0 Å². The number of halogens is 1. The summed E-state index contributed by atoms with van der Waals surface area (Å²) in [6.45, 7) is 0. The van der Waals surface area contributed by atoms with Gasteiger partial charge in [0, 0.05) is 0 Å². The summed E-state index contributed by atoms with van der Waals surface area (Å²) in [6.07, 6.45) is 1.40. The number of carbonyl (C=O) groups is 1. The Morgan fingerprint density at radius 1 is 1.54 bits per heavy atom. The lowest BCUT2D eigenvalue weighted by atomic mass is 10.0. The van der Waals surface area contributed by atoms with Crippen LogP contribution in [0.2, 0.25) is 0 Å². The highest BCUT2D eigenvalue weighted by Gasteiger charge is 2.53. The molecule has 1 fully saturated rings. The number of aliphatic carboxylic acids is 1. The molecule has 2 rings (SSSR count). The Morgan fingerprint density at radius 3 is 2.69 bits per heavy atom. The SMILES string of the molecule is O=C(O)C1(c2cccc(Br)n2)CC1. The van der Waals surface area contributed by atoms with Crippen LogP contribution in [0.5, 0.6) is 0 Å². The molecular weight excluding hydrogens is 234 g/mol. The summed E-state index contributed by atoms with van der Waals surface area (Å²) in [5.41, 5.74) is -0.0292. The van der Waals surface area contributed by atoms with E-state index in [1.165, 1.54) is 0 Å². The summed E-state index contributed by atoms with van der Waals surface area (Å²) >= 11 is 3.23. The summed E-state index contributed by atoms with van der Waals surface area (Å²) in [5.74, 6) is -0.766. The molecule has 1 aliphatic carbocycles. The second-order valence-electron chi connectivity index (χ2n) is 3.23. The van der Waals surface area contributed by atoms with Crippen LogP contribution in [0.3, 0.4) is 0 Å². The van der Waals surface area contributed by atoms with E-state index in [9.17, 15) is 4.79 Å². The van der Waals surface area contributed by atoms with Gasteiger partial charge in [-0.25, -0.2) is 4.98 Å². The van der Waals surface area contributed by atoms with Gasteiger partial charge < -0.3 is 5.11 Å². The number of nitrogens with zero attached hydrogens (tertiary/aromatic N) is 1. The average molecular weight is 242 g/mol. The minimum absolute atomic E-state index is 0.661. The fraction of sp³-hybridized carbons (Fsp3) is 0.333. The van der Waals surface area contributed by atoms with Gasteiger partial charge in [0.2, 0.25) is 0 Å². The van der Waals surface area contributed by atoms with Gasteiger partial charge in [0.15, 0.2) is 0 Å². The standard InChI is InChI=1S/C9H8BrNO2/c10-7-3-1-2-6(11-7)9(4-5-9)8(12)13/h1-3H,4-5H2,(H,12,13). The van der Waals surface area contributed by atoms with Gasteiger partial charge in [-0.3, -0.25) is 4.79 Å². The zero-order valence-electron chi connectivity index (χ0n) is 6.83. The maximum atomic E-state index is 10.9. The molecule has 13 heavy (non-hydrogen) atoms. The molecule has 0 radical (unpaired) electrons. The van der Waals surface area contributed by atoms with Crippen molar-refractivity contribution in [1.82, 2.24) is 4.98 Å². The van der Waals surface area contributed by atoms with Gasteiger partial charge in [-0.2, -0.15) is 0 Å². The normalized spacial score (nSPS) is 18.2. The molecule has 1 saturated carbocycles. The first-order valence-corrected chi connectivity index (χ1v) is 4.81. The molecule has 0 bridgehead atoms. The van der Waals surface area contributed by atoms with Crippen molar-refractivity contribution in [2.24, 2.45) is 0 Å². The molecule has 0 spiro atoms. The second-order valence-corrected chi connectivity index (χ2v) is 4.05. The third-order valence-electron chi connectivity index (χ3n) is 2.36. The molecule has 0 atom stereocenters. The molecule has 1 aromatic rings. The Balaban J connectivity index is 2.41. The Kier molecular flexibility index (Phi) is 1.87. The molecule has 0 aromatic carbocycles. The third kappa shape index (κ3) is 1.35. The largest absolute Gasteiger partial charge is 0.481 e. The van der Waals surface area contributed by atoms with Crippen molar-refractivity contribution >= 4 is 21.9 Å². The molecule has 0 saturated heterocycles. The average Bonchev–Trinajstić information content (AvgIpc) is 2.83. The van der Waals surface area contributed by atoms with Crippen molar-refractivity contribution in [3.05, 3.63) is 28.5 Å². The Hall–Kier alpha value is -0.900. The van der Waals surface area contributed by atoms with Crippen molar-refractivity contribution in [1.29, 1.82) is 0 Å². The lowest BCUT2D eigenvalue weighted by molar-refractivity contribution is -0.140. The molecule has 68 valence electrons. The third-order valence-corrected chi connectivity index (χ3v) is 2.81. The van der Waals surface area contributed by atoms with E-state index in [-0.39, 0.29) is 0 Å². The number of aromatic nitrogens is 1. The topological polar surface area (TPSA) is 50.2 Å². The minimum Gasteiger partial charge on any atom is -0.481 e. The van der Waals surface area contributed by atoms with E-state index >= 15 is 0 Å². The number of carboxylic acids is 1. The number of pyridine rings is 1. The number of hydrogen-bond donors (Lipinski definition) is 1. The van der Waals surface area contributed by atoms with Gasteiger partial charge in [0.25, 0.3) is 0 Å². The van der Waals surface area contributed by atoms with Crippen molar-refractivity contribution < 1.29 is 9.90 Å². The molecule has 0 aliphatic heterocycles. The van der Waals surface area contributed by atoms with Crippen molar-refractivity contribution in [2.45, 2.75) is 18.3 Å². The zero-order chi connectivity index (χ0) is 9.47. The predicted molar refractivity (Wildman–Crippen MR) is 50.5 cm³/mol. The summed E-state index contributed by atoms with van der Waals surface area (Å²) in [7, 11) is 0. The lowest BCUT2D eigenvalue weighted by Gasteiger charge is -2.08. The van der Waals surface area contributed by atoms with E-state index in [1.807, 2.05) is 6.07 Å². The van der Waals surface area contributed by atoms with Gasteiger partial charge in [0.05, 0.1) is 5.69 Å². The van der Waals surface area contributed by atoms with Crippen molar-refractivity contribution in [3.63, 3.8) is 0 Å². The van der Waals surface area contributed by atoms with Gasteiger partial charge in [-0.05, 0) is 40.9 Å². The van der Waals surface area contributed by atoms with E-state index in [2.05, 4.69) is 20.9 Å². The van der Waals surface area contributed by atoms with Crippen molar-refractivity contribution in [3.8, 4) is 0 Å². The van der Waals surface area contributed by atoms with Crippen LogP contribution in [-0.2, 0) is 10.2 Å². The molecule has 4 heteroatoms. The highest BCUT2D eigenvalue weighted by molar-refractivity contribution is 9.10. The Labute approximate surface area is 83.9 Å². The Bertz CT molecular complexity index is 360. The maximum absolute atomic E-state index is 10.9. The minimum atomic E-state index is -0.766. The smallest absolute Gasteiger partial charge is 0.315 e. The second kappa shape index (κ2) is 2.80. The molecule has 1 aliphatic rings. The van der Waals surface area contributed by atoms with Crippen LogP contribution in [-0.4, -0.2) is 16.1 Å². The van der Waals surface area contributed by atoms with Crippen LogP contribution >= 0.6 is 15.9 Å². The first-order valence-electron chi connectivity index (χ1n) is 4.02. The fourth-order valence-electron chi connectivity index (χ4n) is 1.38. The maximum Gasteiger partial charge on any atom is 0.315 e. The lowest BCUT2D eigenvalue weighted by Crippen LogP contribution is -2.20. The molecule has 0 unspecified atom stereocenters. The fourth-order valence-corrected chi connectivity index (χ4v) is 1.72. The first kappa shape index (κ1) is 8.69. The van der Waals surface area contributed by atoms with E-state index in [0.29, 0.717) is 23.1 Å². The highest BCUT2D eigenvalue weighted by Crippen LogP contribution is 2.47. The van der Waals surface area contributed by atoms with Crippen LogP contribution in [0, 0.1) is 0 Å². The van der Waals surface area contributed by atoms with E-state index < -0.39 is 11.4 Å². The monoisotopic (exact) mass is 241 g/mol. The van der Waals surface area contributed by atoms with Gasteiger partial charge in [-0.15, -0.1) is 0 Å². The first-order chi connectivity index (χ1) is 6.15. The van der Waals surface area contributed by atoms with Gasteiger partial charge >= 0.3 is 5.97 Å². The van der Waals surface area contributed by atoms with E-state index in [0.717, 1.165) is 0 Å². The van der Waals surface area contributed by atoms with E-state index in [1.54, 1.807) is 12.1 Å². The summed E-state index contributed by atoms with van der Waals surface area (Å²) < 4.78 is 0.692. The number of hydrogen-bond acceptors (Lipinski definition) is 2. The molecule has 1 heterocycles. The summed E-state index contributed by atoms with van der Waals surface area (Å²) in [5, 5.41) is 8.99. The highest BCUT2D eigenvalue weighted by atomic mass is 79.9. The summed E-state index contributed by atoms with van der Waals surface area (Å²) in [6, 6.07) is 5.38. The molecular formula is C9H8BrNO2. The number of carboxylic acid groups (broad SMARTS) is 1. The molecule has 3 nitrogen and oxygen atoms in total.